The van der Waals surface area contributed by atoms with Gasteiger partial charge in [-0.3, -0.25) is 0 Å². The lowest BCUT2D eigenvalue weighted by molar-refractivity contribution is 0.702. The quantitative estimate of drug-likeness (QED) is 0.420. The van der Waals surface area contributed by atoms with Gasteiger partial charge < -0.3 is 0 Å². The molecule has 0 bridgehead atoms. The van der Waals surface area contributed by atoms with Crippen LogP contribution in [0, 0.1) is 0 Å². The minimum Gasteiger partial charge on any atom is -0.0705 e. The summed E-state index contributed by atoms with van der Waals surface area (Å²) in [5.41, 5.74) is 2.83. The molecule has 0 saturated carbocycles. The molecule has 0 atom stereocenters. The molecule has 0 unspecified atom stereocenters. The van der Waals surface area contributed by atoms with Crippen LogP contribution in [0.25, 0.3) is 6.08 Å². The average Bonchev–Trinajstić information content (AvgIpc) is 2.38. The van der Waals surface area contributed by atoms with Gasteiger partial charge in [0.25, 0.3) is 0 Å². The van der Waals surface area contributed by atoms with Crippen LogP contribution < -0.4 is 0 Å². The van der Waals surface area contributed by atoms with Crippen molar-refractivity contribution in [2.75, 3.05) is 0 Å². The average molecular weight is 228 g/mol. The molecule has 0 amide bonds. The van der Waals surface area contributed by atoms with E-state index in [9.17, 15) is 0 Å². The Morgan fingerprint density at radius 1 is 1.06 bits per heavy atom. The lowest BCUT2D eigenvalue weighted by Crippen LogP contribution is -1.82. The van der Waals surface area contributed by atoms with Crippen molar-refractivity contribution in [3.63, 3.8) is 0 Å². The van der Waals surface area contributed by atoms with Crippen LogP contribution in [-0.2, 0) is 0 Å². The first-order valence-electron chi connectivity index (χ1n) is 6.78. The smallest absolute Gasteiger partial charge is 0.0257 e. The Balaban J connectivity index is 2.46. The summed E-state index contributed by atoms with van der Waals surface area (Å²) in [6.07, 6.45) is 13.0. The van der Waals surface area contributed by atoms with E-state index < -0.39 is 0 Å². The zero-order valence-electron chi connectivity index (χ0n) is 11.2. The van der Waals surface area contributed by atoms with Gasteiger partial charge in [0.05, 0.1) is 0 Å². The fourth-order valence-corrected chi connectivity index (χ4v) is 1.84. The molecule has 0 aliphatic rings. The van der Waals surface area contributed by atoms with Gasteiger partial charge in [-0.2, -0.15) is 0 Å². The highest BCUT2D eigenvalue weighted by molar-refractivity contribution is 5.50. The third-order valence-corrected chi connectivity index (χ3v) is 2.98. The first-order valence-corrected chi connectivity index (χ1v) is 6.78. The summed E-state index contributed by atoms with van der Waals surface area (Å²) in [6, 6.07) is 10.5. The molecule has 0 heteroatoms. The third kappa shape index (κ3) is 6.11. The second kappa shape index (κ2) is 8.81. The van der Waals surface area contributed by atoms with E-state index in [2.05, 4.69) is 62.4 Å². The minimum absolute atomic E-state index is 1.17. The second-order valence-electron chi connectivity index (χ2n) is 4.41. The summed E-state index contributed by atoms with van der Waals surface area (Å²) < 4.78 is 0. The van der Waals surface area contributed by atoms with Crippen LogP contribution in [-0.4, -0.2) is 0 Å². The van der Waals surface area contributed by atoms with Crippen molar-refractivity contribution >= 4 is 6.08 Å². The van der Waals surface area contributed by atoms with E-state index >= 15 is 0 Å². The maximum atomic E-state index is 2.28. The van der Waals surface area contributed by atoms with Gasteiger partial charge in [-0.15, -0.1) is 0 Å². The van der Waals surface area contributed by atoms with Crippen molar-refractivity contribution < 1.29 is 0 Å². The zero-order valence-corrected chi connectivity index (χ0v) is 11.2. The van der Waals surface area contributed by atoms with Gasteiger partial charge in [0.1, 0.15) is 0 Å². The fourth-order valence-electron chi connectivity index (χ4n) is 1.84. The Labute approximate surface area is 106 Å². The van der Waals surface area contributed by atoms with Crippen molar-refractivity contribution in [3.05, 3.63) is 53.6 Å². The molecular weight excluding hydrogens is 204 g/mol. The molecule has 0 aromatic heterocycles. The lowest BCUT2D eigenvalue weighted by Gasteiger charge is -2.02. The van der Waals surface area contributed by atoms with E-state index in [1.807, 2.05) is 0 Å². The lowest BCUT2D eigenvalue weighted by atomic mass is 10.0. The normalized spacial score (nSPS) is 12.2. The van der Waals surface area contributed by atoms with Gasteiger partial charge in [0.15, 0.2) is 0 Å². The summed E-state index contributed by atoms with van der Waals surface area (Å²) >= 11 is 0. The molecule has 17 heavy (non-hydrogen) atoms. The molecule has 0 aliphatic heterocycles. The number of hydrogen-bond donors (Lipinski definition) is 0. The van der Waals surface area contributed by atoms with E-state index in [4.69, 9.17) is 0 Å². The standard InChI is InChI=1S/C17H24/c1-3-5-7-11-16(4-2)14-10-15-17-12-8-6-9-13-17/h6,8-10,12-15H,3-5,7,11H2,1-2H3/b15-10+,16-14-. The van der Waals surface area contributed by atoms with Crippen molar-refractivity contribution in [2.24, 2.45) is 0 Å². The predicted octanol–water partition coefficient (Wildman–Crippen LogP) is 5.62. The van der Waals surface area contributed by atoms with Gasteiger partial charge in [-0.1, -0.05) is 80.8 Å². The van der Waals surface area contributed by atoms with Crippen molar-refractivity contribution in [1.82, 2.24) is 0 Å². The van der Waals surface area contributed by atoms with Crippen LogP contribution in [0.2, 0.25) is 0 Å². The fraction of sp³-hybridized carbons (Fsp3) is 0.412. The van der Waals surface area contributed by atoms with Gasteiger partial charge in [0.2, 0.25) is 0 Å². The molecule has 0 heterocycles. The van der Waals surface area contributed by atoms with Crippen molar-refractivity contribution in [3.8, 4) is 0 Å². The van der Waals surface area contributed by atoms with E-state index in [0.29, 0.717) is 0 Å². The molecule has 0 N–H and O–H groups in total. The number of rotatable bonds is 7. The molecule has 0 saturated heterocycles. The summed E-state index contributed by atoms with van der Waals surface area (Å²) in [7, 11) is 0. The maximum absolute atomic E-state index is 2.28. The van der Waals surface area contributed by atoms with Crippen molar-refractivity contribution in [1.29, 1.82) is 0 Å². The molecule has 92 valence electrons. The molecule has 0 spiro atoms. The van der Waals surface area contributed by atoms with Gasteiger partial charge >= 0.3 is 0 Å². The van der Waals surface area contributed by atoms with Crippen molar-refractivity contribution in [2.45, 2.75) is 46.0 Å². The highest BCUT2D eigenvalue weighted by Crippen LogP contribution is 2.13. The van der Waals surface area contributed by atoms with Crippen LogP contribution in [0.4, 0.5) is 0 Å². The molecular formula is C17H24. The number of allylic oxidation sites excluding steroid dienone is 3. The van der Waals surface area contributed by atoms with Crippen LogP contribution in [0.15, 0.2) is 48.1 Å². The molecule has 0 nitrogen and oxygen atoms in total. The topological polar surface area (TPSA) is 0 Å². The van der Waals surface area contributed by atoms with Gasteiger partial charge in [-0.25, -0.2) is 0 Å². The molecule has 0 radical (unpaired) electrons. The Morgan fingerprint density at radius 2 is 1.82 bits per heavy atom. The highest BCUT2D eigenvalue weighted by Gasteiger charge is 1.92. The Bertz CT molecular complexity index is 344. The second-order valence-corrected chi connectivity index (χ2v) is 4.41. The maximum Gasteiger partial charge on any atom is -0.0257 e. The highest BCUT2D eigenvalue weighted by atomic mass is 14.0. The monoisotopic (exact) mass is 228 g/mol. The number of benzene rings is 1. The molecule has 1 aromatic carbocycles. The minimum atomic E-state index is 1.17. The molecule has 1 rings (SSSR count). The predicted molar refractivity (Wildman–Crippen MR) is 78.0 cm³/mol. The van der Waals surface area contributed by atoms with E-state index in [-0.39, 0.29) is 0 Å². The Hall–Kier alpha value is -1.30. The first kappa shape index (κ1) is 13.8. The van der Waals surface area contributed by atoms with Crippen LogP contribution in [0.3, 0.4) is 0 Å². The summed E-state index contributed by atoms with van der Waals surface area (Å²) in [5, 5.41) is 0. The van der Waals surface area contributed by atoms with Gasteiger partial charge in [-0.05, 0) is 24.8 Å². The third-order valence-electron chi connectivity index (χ3n) is 2.98. The van der Waals surface area contributed by atoms with E-state index in [1.165, 1.54) is 37.7 Å². The van der Waals surface area contributed by atoms with E-state index in [1.54, 1.807) is 5.57 Å². The Morgan fingerprint density at radius 3 is 2.47 bits per heavy atom. The summed E-state index contributed by atoms with van der Waals surface area (Å²) in [6.45, 7) is 4.50. The van der Waals surface area contributed by atoms with Crippen LogP contribution >= 0.6 is 0 Å². The van der Waals surface area contributed by atoms with Gasteiger partial charge in [0, 0.05) is 0 Å². The number of hydrogen-bond acceptors (Lipinski definition) is 0. The van der Waals surface area contributed by atoms with Crippen LogP contribution in [0.5, 0.6) is 0 Å². The SMILES string of the molecule is CCCCC/C(=C\C=C\c1ccccc1)CC. The zero-order chi connectivity index (χ0) is 12.3. The first-order chi connectivity index (χ1) is 8.36. The van der Waals surface area contributed by atoms with E-state index in [0.717, 1.165) is 0 Å². The summed E-state index contributed by atoms with van der Waals surface area (Å²) in [5.74, 6) is 0. The molecule has 0 fully saturated rings. The number of unbranched alkanes of at least 4 members (excludes halogenated alkanes) is 2. The molecule has 0 aliphatic carbocycles. The molecule has 1 aromatic rings. The largest absolute Gasteiger partial charge is 0.0705 e. The Kier molecular flexibility index (Phi) is 7.13. The van der Waals surface area contributed by atoms with Crippen LogP contribution in [0.1, 0.15) is 51.5 Å². The summed E-state index contributed by atoms with van der Waals surface area (Å²) in [4.78, 5) is 0.